The van der Waals surface area contributed by atoms with Crippen molar-refractivity contribution in [3.05, 3.63) is 106 Å². The summed E-state index contributed by atoms with van der Waals surface area (Å²) >= 11 is 12.2. The minimum Gasteiger partial charge on any atom is -0.489 e. The third-order valence-corrected chi connectivity index (χ3v) is 5.77. The van der Waals surface area contributed by atoms with Gasteiger partial charge >= 0.3 is 0 Å². The number of ether oxygens (including phenoxy) is 1. The summed E-state index contributed by atoms with van der Waals surface area (Å²) in [5.41, 5.74) is 4.44. The number of hydrogen-bond donors (Lipinski definition) is 1. The summed E-state index contributed by atoms with van der Waals surface area (Å²) in [6.07, 6.45) is 0. The molecule has 0 spiro atoms. The van der Waals surface area contributed by atoms with E-state index in [9.17, 15) is 0 Å². The Hall–Kier alpha value is -2.68. The molecule has 146 valence electrons. The molecule has 0 aliphatic carbocycles. The molecule has 0 fully saturated rings. The summed E-state index contributed by atoms with van der Waals surface area (Å²) in [7, 11) is 0. The molecule has 0 aromatic heterocycles. The Bertz CT molecular complexity index is 1160. The van der Waals surface area contributed by atoms with Crippen LogP contribution in [0.25, 0.3) is 10.8 Å². The summed E-state index contributed by atoms with van der Waals surface area (Å²) in [6, 6.07) is 26.3. The Balaban J connectivity index is 1.63. The van der Waals surface area contributed by atoms with Gasteiger partial charge in [-0.15, -0.1) is 0 Å². The highest BCUT2D eigenvalue weighted by Crippen LogP contribution is 2.31. The van der Waals surface area contributed by atoms with Crippen LogP contribution >= 0.6 is 23.2 Å². The fourth-order valence-corrected chi connectivity index (χ4v) is 3.66. The quantitative estimate of drug-likeness (QED) is 0.345. The van der Waals surface area contributed by atoms with Gasteiger partial charge in [0.2, 0.25) is 0 Å². The number of anilines is 1. The van der Waals surface area contributed by atoms with Crippen molar-refractivity contribution < 1.29 is 4.74 Å². The van der Waals surface area contributed by atoms with Gasteiger partial charge < -0.3 is 10.1 Å². The molecule has 0 unspecified atom stereocenters. The minimum atomic E-state index is 0.533. The van der Waals surface area contributed by atoms with Crippen LogP contribution in [0.4, 0.5) is 5.69 Å². The fourth-order valence-electron chi connectivity index (χ4n) is 3.36. The largest absolute Gasteiger partial charge is 0.489 e. The van der Waals surface area contributed by atoms with Crippen molar-refractivity contribution in [2.45, 2.75) is 20.1 Å². The Kier molecular flexibility index (Phi) is 5.94. The fraction of sp³-hybridized carbons (Fsp3) is 0.120. The molecule has 1 N–H and O–H groups in total. The van der Waals surface area contributed by atoms with Gasteiger partial charge in [0.15, 0.2) is 0 Å². The van der Waals surface area contributed by atoms with Crippen molar-refractivity contribution in [3.8, 4) is 5.75 Å². The van der Waals surface area contributed by atoms with Gasteiger partial charge in [-0.3, -0.25) is 0 Å². The molecule has 0 amide bonds. The van der Waals surface area contributed by atoms with Crippen LogP contribution in [0.2, 0.25) is 10.0 Å². The van der Waals surface area contributed by atoms with E-state index in [2.05, 4.69) is 48.6 Å². The van der Waals surface area contributed by atoms with E-state index in [0.717, 1.165) is 17.0 Å². The molecule has 4 aromatic carbocycles. The average Bonchev–Trinajstić information content (AvgIpc) is 2.74. The molecular weight excluding hydrogens is 401 g/mol. The molecule has 4 rings (SSSR count). The molecule has 0 saturated carbocycles. The van der Waals surface area contributed by atoms with E-state index >= 15 is 0 Å². The highest BCUT2D eigenvalue weighted by Gasteiger charge is 2.10. The summed E-state index contributed by atoms with van der Waals surface area (Å²) < 4.78 is 6.26. The zero-order valence-corrected chi connectivity index (χ0v) is 17.6. The number of nitrogens with one attached hydrogen (secondary N) is 1. The number of halogens is 2. The first kappa shape index (κ1) is 19.6. The molecule has 0 heterocycles. The van der Waals surface area contributed by atoms with Gasteiger partial charge in [0, 0.05) is 17.8 Å². The smallest absolute Gasteiger partial charge is 0.125 e. The predicted molar refractivity (Wildman–Crippen MR) is 123 cm³/mol. The van der Waals surface area contributed by atoms with Crippen LogP contribution in [0.1, 0.15) is 16.7 Å². The second-order valence-corrected chi connectivity index (χ2v) is 7.78. The lowest BCUT2D eigenvalue weighted by molar-refractivity contribution is 0.303. The maximum atomic E-state index is 6.26. The van der Waals surface area contributed by atoms with Crippen LogP contribution in [-0.4, -0.2) is 0 Å². The molecule has 2 nitrogen and oxygen atoms in total. The topological polar surface area (TPSA) is 21.3 Å². The summed E-state index contributed by atoms with van der Waals surface area (Å²) in [5, 5.41) is 6.88. The number of aryl methyl sites for hydroxylation is 1. The summed E-state index contributed by atoms with van der Waals surface area (Å²) in [5.74, 6) is 0.875. The van der Waals surface area contributed by atoms with E-state index in [-0.39, 0.29) is 0 Å². The average molecular weight is 422 g/mol. The van der Waals surface area contributed by atoms with E-state index in [4.69, 9.17) is 27.9 Å². The van der Waals surface area contributed by atoms with Crippen molar-refractivity contribution in [2.24, 2.45) is 0 Å². The third kappa shape index (κ3) is 4.50. The Morgan fingerprint density at radius 1 is 0.828 bits per heavy atom. The van der Waals surface area contributed by atoms with Crippen molar-refractivity contribution >= 4 is 39.7 Å². The van der Waals surface area contributed by atoms with E-state index < -0.39 is 0 Å². The SMILES string of the molecule is Cc1ccccc1COc1ccc2ccccc2c1CNc1ccc(Cl)c(Cl)c1. The van der Waals surface area contributed by atoms with Crippen molar-refractivity contribution in [1.29, 1.82) is 0 Å². The highest BCUT2D eigenvalue weighted by atomic mass is 35.5. The lowest BCUT2D eigenvalue weighted by atomic mass is 10.0. The first-order valence-corrected chi connectivity index (χ1v) is 10.2. The molecular formula is C25H21Cl2NO. The molecule has 0 aliphatic heterocycles. The minimum absolute atomic E-state index is 0.533. The molecule has 0 radical (unpaired) electrons. The first-order chi connectivity index (χ1) is 14.1. The number of rotatable bonds is 6. The molecule has 29 heavy (non-hydrogen) atoms. The predicted octanol–water partition coefficient (Wildman–Crippen LogP) is 7.65. The van der Waals surface area contributed by atoms with Gasteiger partial charge in [-0.1, -0.05) is 77.8 Å². The van der Waals surface area contributed by atoms with Crippen LogP contribution < -0.4 is 10.1 Å². The molecule has 0 aliphatic rings. The number of benzene rings is 4. The van der Waals surface area contributed by atoms with E-state index in [1.54, 1.807) is 6.07 Å². The molecule has 0 bridgehead atoms. The third-order valence-electron chi connectivity index (χ3n) is 5.03. The second kappa shape index (κ2) is 8.77. The van der Waals surface area contributed by atoms with Gasteiger partial charge in [-0.05, 0) is 53.1 Å². The number of hydrogen-bond acceptors (Lipinski definition) is 2. The van der Waals surface area contributed by atoms with Gasteiger partial charge in [0.05, 0.1) is 10.0 Å². The van der Waals surface area contributed by atoms with Crippen LogP contribution in [0, 0.1) is 6.92 Å². The van der Waals surface area contributed by atoms with E-state index in [1.165, 1.54) is 21.9 Å². The summed E-state index contributed by atoms with van der Waals surface area (Å²) in [4.78, 5) is 0. The van der Waals surface area contributed by atoms with Crippen molar-refractivity contribution in [1.82, 2.24) is 0 Å². The Labute approximate surface area is 181 Å². The zero-order valence-electron chi connectivity index (χ0n) is 16.1. The lowest BCUT2D eigenvalue weighted by Crippen LogP contribution is -2.05. The van der Waals surface area contributed by atoms with Crippen molar-refractivity contribution in [2.75, 3.05) is 5.32 Å². The molecule has 0 atom stereocenters. The van der Waals surface area contributed by atoms with Gasteiger partial charge in [0.25, 0.3) is 0 Å². The highest BCUT2D eigenvalue weighted by molar-refractivity contribution is 6.42. The first-order valence-electron chi connectivity index (χ1n) is 9.48. The van der Waals surface area contributed by atoms with Crippen LogP contribution in [-0.2, 0) is 13.2 Å². The second-order valence-electron chi connectivity index (χ2n) is 6.96. The standard InChI is InChI=1S/C25H21Cl2NO/c1-17-6-2-3-8-19(17)16-29-25-13-10-18-7-4-5-9-21(18)22(25)15-28-20-11-12-23(26)24(27)14-20/h2-14,28H,15-16H2,1H3. The maximum Gasteiger partial charge on any atom is 0.125 e. The van der Waals surface area contributed by atoms with Gasteiger partial charge in [-0.2, -0.15) is 0 Å². The molecule has 0 saturated heterocycles. The molecule has 4 heteroatoms. The Morgan fingerprint density at radius 3 is 2.45 bits per heavy atom. The van der Waals surface area contributed by atoms with Crippen LogP contribution in [0.3, 0.4) is 0 Å². The van der Waals surface area contributed by atoms with Gasteiger partial charge in [0.1, 0.15) is 12.4 Å². The van der Waals surface area contributed by atoms with Crippen LogP contribution in [0.5, 0.6) is 5.75 Å². The van der Waals surface area contributed by atoms with Crippen LogP contribution in [0.15, 0.2) is 78.9 Å². The Morgan fingerprint density at radius 2 is 1.62 bits per heavy atom. The summed E-state index contributed by atoms with van der Waals surface area (Å²) in [6.45, 7) is 3.25. The lowest BCUT2D eigenvalue weighted by Gasteiger charge is -2.16. The van der Waals surface area contributed by atoms with Crippen molar-refractivity contribution in [3.63, 3.8) is 0 Å². The zero-order chi connectivity index (χ0) is 20.2. The number of fused-ring (bicyclic) bond motifs is 1. The molecule has 4 aromatic rings. The van der Waals surface area contributed by atoms with Gasteiger partial charge in [-0.25, -0.2) is 0 Å². The van der Waals surface area contributed by atoms with E-state index in [1.807, 2.05) is 36.4 Å². The monoisotopic (exact) mass is 421 g/mol. The normalized spacial score (nSPS) is 10.9. The van der Waals surface area contributed by atoms with E-state index in [0.29, 0.717) is 23.2 Å². The maximum absolute atomic E-state index is 6.26.